The molecule has 120 valence electrons. The molecule has 0 bridgehead atoms. The van der Waals surface area contributed by atoms with Crippen molar-refractivity contribution in [3.63, 3.8) is 0 Å². The van der Waals surface area contributed by atoms with Crippen LogP contribution in [0, 0.1) is 12.8 Å². The van der Waals surface area contributed by atoms with Crippen molar-refractivity contribution in [1.29, 1.82) is 0 Å². The molecule has 0 saturated heterocycles. The highest BCUT2D eigenvalue weighted by Crippen LogP contribution is 2.33. The van der Waals surface area contributed by atoms with E-state index >= 15 is 0 Å². The van der Waals surface area contributed by atoms with Crippen molar-refractivity contribution in [1.82, 2.24) is 10.3 Å². The summed E-state index contributed by atoms with van der Waals surface area (Å²) in [6.45, 7) is 13.2. The standard InChI is InChI=1S/C17H31N3S/c1-12(2)11-20(15-8-6-7-9-15)17-19-14(5)16(21-17)10-18-13(3)4/h12-13,15,18H,6-11H2,1-5H3. The smallest absolute Gasteiger partial charge is 0.186 e. The maximum atomic E-state index is 4.89. The molecule has 0 aliphatic heterocycles. The molecule has 1 aliphatic rings. The first-order chi connectivity index (χ1) is 9.97. The van der Waals surface area contributed by atoms with Crippen LogP contribution in [0.15, 0.2) is 0 Å². The number of nitrogens with zero attached hydrogens (tertiary/aromatic N) is 2. The zero-order chi connectivity index (χ0) is 15.4. The molecule has 1 aromatic rings. The van der Waals surface area contributed by atoms with E-state index in [9.17, 15) is 0 Å². The molecule has 1 aromatic heterocycles. The van der Waals surface area contributed by atoms with Crippen LogP contribution >= 0.6 is 11.3 Å². The van der Waals surface area contributed by atoms with Crippen LogP contribution in [0.5, 0.6) is 0 Å². The third-order valence-corrected chi connectivity index (χ3v) is 5.32. The van der Waals surface area contributed by atoms with Crippen molar-refractivity contribution in [2.45, 2.75) is 78.9 Å². The van der Waals surface area contributed by atoms with Crippen LogP contribution < -0.4 is 10.2 Å². The molecule has 0 spiro atoms. The van der Waals surface area contributed by atoms with Crippen LogP contribution in [0.2, 0.25) is 0 Å². The number of nitrogens with one attached hydrogen (secondary N) is 1. The van der Waals surface area contributed by atoms with Crippen LogP contribution in [-0.4, -0.2) is 23.6 Å². The van der Waals surface area contributed by atoms with Gasteiger partial charge in [0.25, 0.3) is 0 Å². The van der Waals surface area contributed by atoms with Crippen molar-refractivity contribution < 1.29 is 0 Å². The third kappa shape index (κ3) is 4.68. The fraction of sp³-hybridized carbons (Fsp3) is 0.824. The average Bonchev–Trinajstić information content (AvgIpc) is 3.03. The van der Waals surface area contributed by atoms with Gasteiger partial charge in [-0.3, -0.25) is 0 Å². The van der Waals surface area contributed by atoms with Crippen LogP contribution in [-0.2, 0) is 6.54 Å². The fourth-order valence-corrected chi connectivity index (χ4v) is 4.08. The summed E-state index contributed by atoms with van der Waals surface area (Å²) >= 11 is 1.89. The summed E-state index contributed by atoms with van der Waals surface area (Å²) < 4.78 is 0. The Morgan fingerprint density at radius 3 is 2.48 bits per heavy atom. The Balaban J connectivity index is 2.13. The minimum atomic E-state index is 0.525. The number of hydrogen-bond acceptors (Lipinski definition) is 4. The van der Waals surface area contributed by atoms with Gasteiger partial charge in [0.1, 0.15) is 0 Å². The summed E-state index contributed by atoms with van der Waals surface area (Å²) in [6.07, 6.45) is 5.44. The summed E-state index contributed by atoms with van der Waals surface area (Å²) in [7, 11) is 0. The predicted octanol–water partition coefficient (Wildman–Crippen LogP) is 4.35. The topological polar surface area (TPSA) is 28.2 Å². The lowest BCUT2D eigenvalue weighted by Crippen LogP contribution is -2.36. The lowest BCUT2D eigenvalue weighted by Gasteiger charge is -2.30. The van der Waals surface area contributed by atoms with E-state index < -0.39 is 0 Å². The molecule has 2 rings (SSSR count). The van der Waals surface area contributed by atoms with Crippen molar-refractivity contribution in [2.24, 2.45) is 5.92 Å². The molecule has 0 unspecified atom stereocenters. The average molecular weight is 310 g/mol. The molecule has 0 amide bonds. The predicted molar refractivity (Wildman–Crippen MR) is 93.3 cm³/mol. The Morgan fingerprint density at radius 1 is 1.24 bits per heavy atom. The van der Waals surface area contributed by atoms with Gasteiger partial charge in [-0.25, -0.2) is 4.98 Å². The molecule has 1 fully saturated rings. The summed E-state index contributed by atoms with van der Waals surface area (Å²) in [5, 5.41) is 4.76. The number of anilines is 1. The van der Waals surface area contributed by atoms with E-state index in [1.54, 1.807) is 0 Å². The summed E-state index contributed by atoms with van der Waals surface area (Å²) in [6, 6.07) is 1.24. The minimum absolute atomic E-state index is 0.525. The van der Waals surface area contributed by atoms with E-state index in [1.807, 2.05) is 11.3 Å². The van der Waals surface area contributed by atoms with Gasteiger partial charge in [-0.2, -0.15) is 0 Å². The van der Waals surface area contributed by atoms with Gasteiger partial charge in [-0.15, -0.1) is 11.3 Å². The van der Waals surface area contributed by atoms with E-state index in [4.69, 9.17) is 4.98 Å². The second kappa shape index (κ2) is 7.59. The quantitative estimate of drug-likeness (QED) is 0.811. The minimum Gasteiger partial charge on any atom is -0.345 e. The van der Waals surface area contributed by atoms with Gasteiger partial charge in [-0.1, -0.05) is 40.5 Å². The number of hydrogen-bond donors (Lipinski definition) is 1. The van der Waals surface area contributed by atoms with E-state index in [2.05, 4.69) is 44.8 Å². The Kier molecular flexibility index (Phi) is 6.06. The van der Waals surface area contributed by atoms with E-state index in [0.717, 1.165) is 13.1 Å². The molecule has 0 aromatic carbocycles. The fourth-order valence-electron chi connectivity index (χ4n) is 2.99. The highest BCUT2D eigenvalue weighted by Gasteiger charge is 2.26. The first-order valence-corrected chi connectivity index (χ1v) is 9.25. The lowest BCUT2D eigenvalue weighted by atomic mass is 10.1. The zero-order valence-electron chi connectivity index (χ0n) is 14.3. The highest BCUT2D eigenvalue weighted by atomic mass is 32.1. The Hall–Kier alpha value is -0.610. The van der Waals surface area contributed by atoms with E-state index in [1.165, 1.54) is 41.4 Å². The van der Waals surface area contributed by atoms with Crippen LogP contribution in [0.4, 0.5) is 5.13 Å². The Morgan fingerprint density at radius 2 is 1.90 bits per heavy atom. The van der Waals surface area contributed by atoms with Crippen molar-refractivity contribution in [3.05, 3.63) is 10.6 Å². The van der Waals surface area contributed by atoms with Crippen LogP contribution in [0.3, 0.4) is 0 Å². The van der Waals surface area contributed by atoms with Gasteiger partial charge >= 0.3 is 0 Å². The number of aromatic nitrogens is 1. The zero-order valence-corrected chi connectivity index (χ0v) is 15.1. The van der Waals surface area contributed by atoms with Crippen LogP contribution in [0.25, 0.3) is 0 Å². The summed E-state index contributed by atoms with van der Waals surface area (Å²) in [5.74, 6) is 0.687. The van der Waals surface area contributed by atoms with Crippen molar-refractivity contribution in [3.8, 4) is 0 Å². The lowest BCUT2D eigenvalue weighted by molar-refractivity contribution is 0.534. The number of rotatable bonds is 7. The molecule has 21 heavy (non-hydrogen) atoms. The summed E-state index contributed by atoms with van der Waals surface area (Å²) in [5.41, 5.74) is 1.20. The molecule has 0 radical (unpaired) electrons. The maximum Gasteiger partial charge on any atom is 0.186 e. The van der Waals surface area contributed by atoms with Gasteiger partial charge in [0.2, 0.25) is 0 Å². The molecular weight excluding hydrogens is 278 g/mol. The Labute approximate surface area is 134 Å². The molecule has 4 heteroatoms. The normalized spacial score (nSPS) is 16.3. The number of aryl methyl sites for hydroxylation is 1. The van der Waals surface area contributed by atoms with Crippen molar-refractivity contribution in [2.75, 3.05) is 11.4 Å². The van der Waals surface area contributed by atoms with Gasteiger partial charge in [0.15, 0.2) is 5.13 Å². The first-order valence-electron chi connectivity index (χ1n) is 8.43. The van der Waals surface area contributed by atoms with Crippen molar-refractivity contribution >= 4 is 16.5 Å². The second-order valence-electron chi connectivity index (χ2n) is 7.03. The Bertz CT molecular complexity index is 433. The third-order valence-electron chi connectivity index (χ3n) is 4.13. The van der Waals surface area contributed by atoms with Crippen LogP contribution in [0.1, 0.15) is 63.9 Å². The van der Waals surface area contributed by atoms with Gasteiger partial charge < -0.3 is 10.2 Å². The summed E-state index contributed by atoms with van der Waals surface area (Å²) in [4.78, 5) is 8.88. The molecule has 1 heterocycles. The highest BCUT2D eigenvalue weighted by molar-refractivity contribution is 7.15. The maximum absolute atomic E-state index is 4.89. The SMILES string of the molecule is Cc1nc(N(CC(C)C)C2CCCC2)sc1CNC(C)C. The van der Waals surface area contributed by atoms with Gasteiger partial charge in [-0.05, 0) is 25.7 Å². The van der Waals surface area contributed by atoms with Gasteiger partial charge in [0, 0.05) is 30.1 Å². The second-order valence-corrected chi connectivity index (χ2v) is 8.09. The molecule has 1 N–H and O–H groups in total. The van der Waals surface area contributed by atoms with E-state index in [0.29, 0.717) is 18.0 Å². The largest absolute Gasteiger partial charge is 0.345 e. The molecule has 0 atom stereocenters. The number of thiazole rings is 1. The molecule has 1 aliphatic carbocycles. The molecule has 3 nitrogen and oxygen atoms in total. The van der Waals surface area contributed by atoms with Gasteiger partial charge in [0.05, 0.1) is 5.69 Å². The molecular formula is C17H31N3S. The first kappa shape index (κ1) is 16.8. The monoisotopic (exact) mass is 309 g/mol. The molecule has 1 saturated carbocycles. The van der Waals surface area contributed by atoms with E-state index in [-0.39, 0.29) is 0 Å².